The summed E-state index contributed by atoms with van der Waals surface area (Å²) in [4.78, 5) is 21.2. The summed E-state index contributed by atoms with van der Waals surface area (Å²) in [7, 11) is 0. The van der Waals surface area contributed by atoms with E-state index in [2.05, 4.69) is 0 Å². The van der Waals surface area contributed by atoms with E-state index in [1.807, 2.05) is 0 Å². The van der Waals surface area contributed by atoms with Crippen molar-refractivity contribution in [2.24, 2.45) is 0 Å². The van der Waals surface area contributed by atoms with Crippen molar-refractivity contribution in [2.75, 3.05) is 0 Å². The van der Waals surface area contributed by atoms with Crippen molar-refractivity contribution >= 4 is 11.9 Å². The molecule has 0 radical (unpaired) electrons. The third-order valence-corrected chi connectivity index (χ3v) is 1.44. The monoisotopic (exact) mass is 186 g/mol. The molecule has 13 heavy (non-hydrogen) atoms. The van der Waals surface area contributed by atoms with Crippen LogP contribution >= 0.6 is 0 Å². The molecule has 1 atom stereocenters. The molecule has 0 aromatic carbocycles. The van der Waals surface area contributed by atoms with Crippen LogP contribution in [0, 0.1) is 0 Å². The van der Waals surface area contributed by atoms with Crippen molar-refractivity contribution in [2.45, 2.75) is 12.5 Å². The molecule has 0 aliphatic heterocycles. The van der Waals surface area contributed by atoms with Crippen molar-refractivity contribution in [1.29, 1.82) is 0 Å². The van der Waals surface area contributed by atoms with Gasteiger partial charge in [0.2, 0.25) is 0 Å². The van der Waals surface area contributed by atoms with Gasteiger partial charge in [-0.2, -0.15) is 0 Å². The number of aliphatic carboxylic acids is 2. The normalized spacial score (nSPS) is 30.4. The molecule has 0 saturated heterocycles. The molecule has 1 rings (SSSR count). The first-order valence-corrected chi connectivity index (χ1v) is 3.36. The molecule has 0 bridgehead atoms. The van der Waals surface area contributed by atoms with Crippen LogP contribution in [0.3, 0.4) is 0 Å². The zero-order valence-electron chi connectivity index (χ0n) is 8.44. The maximum absolute atomic E-state index is 10.6. The van der Waals surface area contributed by atoms with Crippen LogP contribution in [0.2, 0.25) is 0 Å². The lowest BCUT2D eigenvalue weighted by Crippen LogP contribution is -2.17. The summed E-state index contributed by atoms with van der Waals surface area (Å²) in [5, 5.41) is 26.6. The molecule has 0 aromatic heterocycles. The smallest absolute Gasteiger partial charge is 0.335 e. The van der Waals surface area contributed by atoms with Gasteiger partial charge in [0.05, 0.1) is 14.4 Å². The second-order valence-corrected chi connectivity index (χ2v) is 2.44. The van der Waals surface area contributed by atoms with Crippen molar-refractivity contribution < 1.29 is 27.7 Å². The van der Waals surface area contributed by atoms with Gasteiger partial charge in [0, 0.05) is 12.0 Å². The molecule has 0 aromatic rings. The van der Waals surface area contributed by atoms with Crippen LogP contribution in [0.4, 0.5) is 0 Å². The summed E-state index contributed by atoms with van der Waals surface area (Å²) < 4.78 is 14.5. The SMILES string of the molecule is [2H]C1=C(C(=O)O)CC([2H])(O)C=C1C(=O)O. The molecular formula is C8H8O5. The van der Waals surface area contributed by atoms with Crippen LogP contribution in [0.15, 0.2) is 23.3 Å². The number of carboxylic acids is 2. The number of rotatable bonds is 2. The highest BCUT2D eigenvalue weighted by atomic mass is 16.4. The lowest BCUT2D eigenvalue weighted by atomic mass is 9.97. The van der Waals surface area contributed by atoms with E-state index in [1.54, 1.807) is 0 Å². The maximum Gasteiger partial charge on any atom is 0.335 e. The van der Waals surface area contributed by atoms with Gasteiger partial charge in [-0.25, -0.2) is 9.59 Å². The van der Waals surface area contributed by atoms with E-state index in [-0.39, 0.29) is 0 Å². The minimum Gasteiger partial charge on any atom is -0.478 e. The summed E-state index contributed by atoms with van der Waals surface area (Å²) in [6.45, 7) is 0. The molecule has 1 aliphatic carbocycles. The van der Waals surface area contributed by atoms with Crippen molar-refractivity contribution in [3.8, 4) is 0 Å². The van der Waals surface area contributed by atoms with E-state index in [9.17, 15) is 14.7 Å². The largest absolute Gasteiger partial charge is 0.478 e. The fourth-order valence-electron chi connectivity index (χ4n) is 0.886. The average Bonchev–Trinajstić information content (AvgIpc) is 2.07. The predicted octanol–water partition coefficient (Wildman–Crippen LogP) is -0.227. The van der Waals surface area contributed by atoms with Crippen LogP contribution in [-0.2, 0) is 9.59 Å². The number of carbonyl (C=O) groups is 2. The van der Waals surface area contributed by atoms with Gasteiger partial charge < -0.3 is 15.3 Å². The Kier molecular flexibility index (Phi) is 1.79. The Bertz CT molecular complexity index is 394. The molecule has 5 nitrogen and oxygen atoms in total. The minimum absolute atomic E-state index is 0.576. The van der Waals surface area contributed by atoms with E-state index < -0.39 is 41.6 Å². The molecule has 1 unspecified atom stereocenters. The molecule has 0 saturated carbocycles. The Morgan fingerprint density at radius 2 is 2.15 bits per heavy atom. The Labute approximate surface area is 76.4 Å². The maximum atomic E-state index is 10.6. The fourth-order valence-corrected chi connectivity index (χ4v) is 0.886. The van der Waals surface area contributed by atoms with Gasteiger partial charge in [0.15, 0.2) is 0 Å². The Morgan fingerprint density at radius 3 is 2.62 bits per heavy atom. The van der Waals surface area contributed by atoms with Crippen LogP contribution in [0.1, 0.15) is 9.16 Å². The molecule has 0 fully saturated rings. The fraction of sp³-hybridized carbons (Fsp3) is 0.250. The van der Waals surface area contributed by atoms with E-state index in [4.69, 9.17) is 13.0 Å². The van der Waals surface area contributed by atoms with E-state index in [0.29, 0.717) is 6.08 Å². The summed E-state index contributed by atoms with van der Waals surface area (Å²) >= 11 is 0. The van der Waals surface area contributed by atoms with Gasteiger partial charge in [-0.1, -0.05) is 0 Å². The van der Waals surface area contributed by atoms with E-state index in [1.165, 1.54) is 0 Å². The summed E-state index contributed by atoms with van der Waals surface area (Å²) in [6.07, 6.45) is -2.23. The Hall–Kier alpha value is -1.62. The first-order chi connectivity index (χ1) is 6.74. The van der Waals surface area contributed by atoms with Crippen LogP contribution < -0.4 is 0 Å². The summed E-state index contributed by atoms with van der Waals surface area (Å²) in [6, 6.07) is -0.674. The molecule has 0 spiro atoms. The quantitative estimate of drug-likeness (QED) is 0.553. The number of carboxylic acid groups (broad SMARTS) is 2. The lowest BCUT2D eigenvalue weighted by molar-refractivity contribution is -0.133. The van der Waals surface area contributed by atoms with Gasteiger partial charge in [0.25, 0.3) is 0 Å². The predicted molar refractivity (Wildman–Crippen MR) is 42.1 cm³/mol. The highest BCUT2D eigenvalue weighted by Gasteiger charge is 2.20. The zero-order chi connectivity index (χ0) is 11.8. The molecule has 3 N–H and O–H groups in total. The molecule has 1 aliphatic rings. The topological polar surface area (TPSA) is 94.8 Å². The molecule has 70 valence electrons. The second-order valence-electron chi connectivity index (χ2n) is 2.44. The minimum atomic E-state index is -2.29. The number of aliphatic hydroxyl groups is 1. The van der Waals surface area contributed by atoms with Gasteiger partial charge >= 0.3 is 11.9 Å². The van der Waals surface area contributed by atoms with Gasteiger partial charge in [0.1, 0.15) is 0 Å². The third-order valence-electron chi connectivity index (χ3n) is 1.44. The molecule has 5 heteroatoms. The summed E-state index contributed by atoms with van der Waals surface area (Å²) in [5.74, 6) is -3.04. The average molecular weight is 186 g/mol. The molecule has 0 heterocycles. The van der Waals surface area contributed by atoms with Crippen LogP contribution in [0.25, 0.3) is 0 Å². The van der Waals surface area contributed by atoms with Gasteiger partial charge in [-0.15, -0.1) is 0 Å². The highest BCUT2D eigenvalue weighted by molar-refractivity contribution is 5.95. The third kappa shape index (κ3) is 2.16. The molecule has 0 amide bonds. The van der Waals surface area contributed by atoms with Crippen molar-refractivity contribution in [1.82, 2.24) is 0 Å². The van der Waals surface area contributed by atoms with E-state index >= 15 is 0 Å². The zero-order valence-corrected chi connectivity index (χ0v) is 6.44. The number of hydrogen-bond donors (Lipinski definition) is 3. The Balaban J connectivity index is 3.30. The van der Waals surface area contributed by atoms with Gasteiger partial charge in [-0.05, 0) is 12.1 Å². The van der Waals surface area contributed by atoms with Crippen molar-refractivity contribution in [3.63, 3.8) is 0 Å². The van der Waals surface area contributed by atoms with Crippen LogP contribution in [-0.4, -0.2) is 33.3 Å². The Morgan fingerprint density at radius 1 is 1.54 bits per heavy atom. The standard InChI is InChI=1S/C8H8O5/c9-6-2-4(7(10)11)1-5(3-6)8(12)13/h1-2,6,9H,3H2,(H,10,11)(H,12,13)/i1D,6D. The first-order valence-electron chi connectivity index (χ1n) is 4.36. The van der Waals surface area contributed by atoms with Crippen LogP contribution in [0.5, 0.6) is 0 Å². The van der Waals surface area contributed by atoms with E-state index in [0.717, 1.165) is 0 Å². The highest BCUT2D eigenvalue weighted by Crippen LogP contribution is 2.17. The summed E-state index contributed by atoms with van der Waals surface area (Å²) in [5.41, 5.74) is -1.25. The van der Waals surface area contributed by atoms with Crippen molar-refractivity contribution in [3.05, 3.63) is 23.3 Å². The first kappa shape index (κ1) is 6.85. The second kappa shape index (κ2) is 3.40. The molecular weight excluding hydrogens is 176 g/mol. The van der Waals surface area contributed by atoms with Gasteiger partial charge in [-0.3, -0.25) is 0 Å². The lowest BCUT2D eigenvalue weighted by Gasteiger charge is -2.12. The number of hydrogen-bond acceptors (Lipinski definition) is 3.